The zero-order valence-electron chi connectivity index (χ0n) is 16.9. The number of thiocarbonyl (C=S) groups is 1. The number of hydrogen-bond acceptors (Lipinski definition) is 4. The van der Waals surface area contributed by atoms with E-state index in [1.807, 2.05) is 43.9 Å². The third-order valence-electron chi connectivity index (χ3n) is 4.65. The average Bonchev–Trinajstić information content (AvgIpc) is 2.62. The Morgan fingerprint density at radius 3 is 2.56 bits per heavy atom. The molecule has 2 rings (SSSR count). The molecule has 0 spiro atoms. The fourth-order valence-corrected chi connectivity index (χ4v) is 3.67. The van der Waals surface area contributed by atoms with Crippen molar-refractivity contribution in [3.8, 4) is 11.5 Å². The standard InChI is InChI=1S/C21H30N2O3S/c1-6-9-12-26-17-11-10-16(13-18(17)25-8-3)20-19(15(5)24)14(4)23(7-2)21(27)22-20/h10-11,13,20H,6-9,12H2,1-5H3,(H,22,27). The van der Waals surface area contributed by atoms with E-state index in [-0.39, 0.29) is 11.8 Å². The summed E-state index contributed by atoms with van der Waals surface area (Å²) in [7, 11) is 0. The van der Waals surface area contributed by atoms with E-state index in [9.17, 15) is 4.79 Å². The SMILES string of the molecule is CCCCOc1ccc(C2NC(=S)N(CC)C(C)=C2C(C)=O)cc1OCC. The van der Waals surface area contributed by atoms with Crippen molar-refractivity contribution in [2.45, 2.75) is 53.5 Å². The Labute approximate surface area is 167 Å². The van der Waals surface area contributed by atoms with Crippen molar-refractivity contribution >= 4 is 23.1 Å². The maximum Gasteiger partial charge on any atom is 0.173 e. The minimum atomic E-state index is -0.290. The number of rotatable bonds is 9. The Kier molecular flexibility index (Phi) is 7.66. The molecule has 1 aromatic carbocycles. The van der Waals surface area contributed by atoms with Gasteiger partial charge in [-0.15, -0.1) is 0 Å². The summed E-state index contributed by atoms with van der Waals surface area (Å²) in [6.45, 7) is 11.6. The number of ketones is 1. The fraction of sp³-hybridized carbons (Fsp3) is 0.524. The highest BCUT2D eigenvalue weighted by Crippen LogP contribution is 2.36. The number of carbonyl (C=O) groups excluding carboxylic acids is 1. The van der Waals surface area contributed by atoms with Crippen molar-refractivity contribution in [1.29, 1.82) is 0 Å². The molecule has 0 aliphatic carbocycles. The molecule has 5 nitrogen and oxygen atoms in total. The second-order valence-corrected chi connectivity index (χ2v) is 6.91. The molecule has 1 aliphatic heterocycles. The van der Waals surface area contributed by atoms with Gasteiger partial charge in [0.1, 0.15) is 0 Å². The number of Topliss-reactive ketones (excluding diaryl/α,β-unsaturated/α-hetero) is 1. The summed E-state index contributed by atoms with van der Waals surface area (Å²) < 4.78 is 11.7. The van der Waals surface area contributed by atoms with Crippen LogP contribution in [0.15, 0.2) is 29.5 Å². The molecule has 1 unspecified atom stereocenters. The van der Waals surface area contributed by atoms with Gasteiger partial charge in [0.25, 0.3) is 0 Å². The minimum Gasteiger partial charge on any atom is -0.490 e. The molecule has 0 saturated carbocycles. The van der Waals surface area contributed by atoms with Crippen LogP contribution in [0.2, 0.25) is 0 Å². The first-order chi connectivity index (χ1) is 12.9. The van der Waals surface area contributed by atoms with E-state index in [0.717, 1.165) is 42.0 Å². The molecule has 1 aromatic rings. The number of carbonyl (C=O) groups is 1. The second-order valence-electron chi connectivity index (χ2n) is 6.52. The van der Waals surface area contributed by atoms with Crippen LogP contribution in [0.5, 0.6) is 11.5 Å². The summed E-state index contributed by atoms with van der Waals surface area (Å²) in [6, 6.07) is 5.55. The van der Waals surface area contributed by atoms with Gasteiger partial charge in [-0.2, -0.15) is 0 Å². The van der Waals surface area contributed by atoms with Gasteiger partial charge in [0.15, 0.2) is 22.4 Å². The lowest BCUT2D eigenvalue weighted by Gasteiger charge is -2.37. The van der Waals surface area contributed by atoms with Crippen molar-refractivity contribution in [3.05, 3.63) is 35.0 Å². The smallest absolute Gasteiger partial charge is 0.173 e. The van der Waals surface area contributed by atoms with E-state index >= 15 is 0 Å². The molecule has 0 aromatic heterocycles. The van der Waals surface area contributed by atoms with E-state index in [1.165, 1.54) is 0 Å². The molecule has 1 atom stereocenters. The van der Waals surface area contributed by atoms with Crippen LogP contribution in [0.1, 0.15) is 59.1 Å². The van der Waals surface area contributed by atoms with E-state index in [2.05, 4.69) is 12.2 Å². The quantitative estimate of drug-likeness (QED) is 0.499. The lowest BCUT2D eigenvalue weighted by molar-refractivity contribution is -0.114. The van der Waals surface area contributed by atoms with Gasteiger partial charge < -0.3 is 19.7 Å². The van der Waals surface area contributed by atoms with Gasteiger partial charge in [-0.1, -0.05) is 19.4 Å². The Bertz CT molecular complexity index is 730. The predicted octanol–water partition coefficient (Wildman–Crippen LogP) is 4.38. The van der Waals surface area contributed by atoms with Gasteiger partial charge in [0, 0.05) is 17.8 Å². The average molecular weight is 391 g/mol. The van der Waals surface area contributed by atoms with Gasteiger partial charge in [-0.25, -0.2) is 0 Å². The van der Waals surface area contributed by atoms with Crippen molar-refractivity contribution < 1.29 is 14.3 Å². The number of allylic oxidation sites excluding steroid dienone is 1. The van der Waals surface area contributed by atoms with Gasteiger partial charge in [0.2, 0.25) is 0 Å². The Morgan fingerprint density at radius 2 is 1.96 bits per heavy atom. The Morgan fingerprint density at radius 1 is 1.22 bits per heavy atom. The largest absolute Gasteiger partial charge is 0.490 e. The van der Waals surface area contributed by atoms with Crippen LogP contribution in [0, 0.1) is 0 Å². The van der Waals surface area contributed by atoms with Crippen LogP contribution in [-0.2, 0) is 4.79 Å². The monoisotopic (exact) mass is 390 g/mol. The normalized spacial score (nSPS) is 17.0. The molecule has 1 N–H and O–H groups in total. The number of hydrogen-bond donors (Lipinski definition) is 1. The Balaban J connectivity index is 2.43. The first kappa shape index (κ1) is 21.2. The highest BCUT2D eigenvalue weighted by atomic mass is 32.1. The molecule has 0 radical (unpaired) electrons. The summed E-state index contributed by atoms with van der Waals surface area (Å²) in [5, 5.41) is 3.95. The Hall–Kier alpha value is -2.08. The topological polar surface area (TPSA) is 50.8 Å². The number of nitrogens with one attached hydrogen (secondary N) is 1. The number of ether oxygens (including phenoxy) is 2. The van der Waals surface area contributed by atoms with Gasteiger partial charge >= 0.3 is 0 Å². The van der Waals surface area contributed by atoms with Crippen LogP contribution < -0.4 is 14.8 Å². The molecule has 1 heterocycles. The predicted molar refractivity (Wildman–Crippen MR) is 112 cm³/mol. The summed E-state index contributed by atoms with van der Waals surface area (Å²) in [6.07, 6.45) is 2.07. The van der Waals surface area contributed by atoms with Crippen molar-refractivity contribution in [2.24, 2.45) is 0 Å². The number of benzene rings is 1. The van der Waals surface area contributed by atoms with E-state index in [0.29, 0.717) is 24.1 Å². The van der Waals surface area contributed by atoms with Crippen LogP contribution >= 0.6 is 12.2 Å². The van der Waals surface area contributed by atoms with Gasteiger partial charge in [-0.05, 0) is 64.0 Å². The lowest BCUT2D eigenvalue weighted by Crippen LogP contribution is -2.47. The molecule has 0 amide bonds. The minimum absolute atomic E-state index is 0.0344. The number of nitrogens with zero attached hydrogens (tertiary/aromatic N) is 1. The molecule has 6 heteroatoms. The molecule has 1 aliphatic rings. The zero-order chi connectivity index (χ0) is 20.0. The first-order valence-electron chi connectivity index (χ1n) is 9.63. The van der Waals surface area contributed by atoms with Crippen LogP contribution in [0.3, 0.4) is 0 Å². The van der Waals surface area contributed by atoms with Crippen molar-refractivity contribution in [1.82, 2.24) is 10.2 Å². The zero-order valence-corrected chi connectivity index (χ0v) is 17.7. The van der Waals surface area contributed by atoms with Crippen molar-refractivity contribution in [2.75, 3.05) is 19.8 Å². The number of unbranched alkanes of at least 4 members (excludes halogenated alkanes) is 1. The van der Waals surface area contributed by atoms with Gasteiger partial charge in [-0.3, -0.25) is 4.79 Å². The molecule has 27 heavy (non-hydrogen) atoms. The second kappa shape index (κ2) is 9.74. The summed E-state index contributed by atoms with van der Waals surface area (Å²) >= 11 is 5.51. The molecule has 0 fully saturated rings. The van der Waals surface area contributed by atoms with Crippen LogP contribution in [-0.4, -0.2) is 35.6 Å². The summed E-state index contributed by atoms with van der Waals surface area (Å²) in [4.78, 5) is 14.3. The first-order valence-corrected chi connectivity index (χ1v) is 10.0. The van der Waals surface area contributed by atoms with E-state index in [1.54, 1.807) is 6.92 Å². The summed E-state index contributed by atoms with van der Waals surface area (Å²) in [5.74, 6) is 1.46. The third kappa shape index (κ3) is 4.80. The highest BCUT2D eigenvalue weighted by Gasteiger charge is 2.32. The van der Waals surface area contributed by atoms with Crippen LogP contribution in [0.4, 0.5) is 0 Å². The highest BCUT2D eigenvalue weighted by molar-refractivity contribution is 7.80. The molecular formula is C21H30N2O3S. The molecular weight excluding hydrogens is 360 g/mol. The lowest BCUT2D eigenvalue weighted by atomic mass is 9.92. The van der Waals surface area contributed by atoms with E-state index in [4.69, 9.17) is 21.7 Å². The molecule has 0 saturated heterocycles. The maximum atomic E-state index is 12.4. The molecule has 0 bridgehead atoms. The van der Waals surface area contributed by atoms with Gasteiger partial charge in [0.05, 0.1) is 19.3 Å². The van der Waals surface area contributed by atoms with Crippen molar-refractivity contribution in [3.63, 3.8) is 0 Å². The van der Waals surface area contributed by atoms with E-state index < -0.39 is 0 Å². The fourth-order valence-electron chi connectivity index (χ4n) is 3.29. The molecule has 148 valence electrons. The van der Waals surface area contributed by atoms with Crippen LogP contribution in [0.25, 0.3) is 0 Å². The maximum absolute atomic E-state index is 12.4. The third-order valence-corrected chi connectivity index (χ3v) is 4.99. The summed E-state index contributed by atoms with van der Waals surface area (Å²) in [5.41, 5.74) is 2.57.